The molecule has 0 bridgehead atoms. The van der Waals surface area contributed by atoms with Crippen molar-refractivity contribution in [3.05, 3.63) is 78.5 Å². The quantitative estimate of drug-likeness (QED) is 0.202. The Labute approximate surface area is 220 Å². The molecule has 0 spiro atoms. The largest absolute Gasteiger partial charge is 0.489 e. The van der Waals surface area contributed by atoms with E-state index in [9.17, 15) is 18.0 Å². The molecule has 3 aromatic rings. The zero-order valence-corrected chi connectivity index (χ0v) is 21.5. The summed E-state index contributed by atoms with van der Waals surface area (Å²) in [7, 11) is -4.09. The van der Waals surface area contributed by atoms with Gasteiger partial charge >= 0.3 is 6.09 Å². The molecule has 0 saturated carbocycles. The lowest BCUT2D eigenvalue weighted by Gasteiger charge is -2.48. The summed E-state index contributed by atoms with van der Waals surface area (Å²) in [6, 6.07) is 15.6. The van der Waals surface area contributed by atoms with Crippen molar-refractivity contribution in [3.8, 4) is 5.75 Å². The summed E-state index contributed by atoms with van der Waals surface area (Å²) < 4.78 is 39.6. The normalized spacial score (nSPS) is 14.4. The molecule has 3 N–H and O–H groups in total. The van der Waals surface area contributed by atoms with Crippen LogP contribution >= 0.6 is 0 Å². The Balaban J connectivity index is 1.45. The van der Waals surface area contributed by atoms with Gasteiger partial charge in [0.1, 0.15) is 19.0 Å². The minimum Gasteiger partial charge on any atom is -0.489 e. The van der Waals surface area contributed by atoms with Crippen LogP contribution < -0.4 is 14.9 Å². The van der Waals surface area contributed by atoms with Crippen molar-refractivity contribution in [1.29, 1.82) is 0 Å². The molecule has 2 heterocycles. The number of pyridine rings is 1. The summed E-state index contributed by atoms with van der Waals surface area (Å²) in [5.74, 6) is -0.328. The molecule has 1 fully saturated rings. The summed E-state index contributed by atoms with van der Waals surface area (Å²) in [6.07, 6.45) is 0.359. The second-order valence-corrected chi connectivity index (χ2v) is 10.7. The monoisotopic (exact) mass is 540 g/mol. The molecule has 11 nitrogen and oxygen atoms in total. The minimum absolute atomic E-state index is 0.00337. The molecule has 0 radical (unpaired) electrons. The summed E-state index contributed by atoms with van der Waals surface area (Å²) in [5, 5.41) is 9.92. The molecule has 200 valence electrons. The number of nitrogens with one attached hydrogen (secondary N) is 2. The molecule has 0 atom stereocenters. The second-order valence-electron chi connectivity index (χ2n) is 9.02. The van der Waals surface area contributed by atoms with Gasteiger partial charge in [0.2, 0.25) is 15.9 Å². The van der Waals surface area contributed by atoms with Crippen LogP contribution in [0.3, 0.4) is 0 Å². The van der Waals surface area contributed by atoms with E-state index in [-0.39, 0.29) is 37.6 Å². The van der Waals surface area contributed by atoms with Gasteiger partial charge in [0.15, 0.2) is 0 Å². The highest BCUT2D eigenvalue weighted by atomic mass is 32.2. The zero-order valence-electron chi connectivity index (χ0n) is 20.7. The van der Waals surface area contributed by atoms with E-state index in [1.54, 1.807) is 0 Å². The Kier molecular flexibility index (Phi) is 7.95. The van der Waals surface area contributed by atoms with Crippen LogP contribution in [-0.4, -0.2) is 60.7 Å². The SMILES string of the molecule is C=CCOC(=O)N1CC(CC(=O)NO)(NS(=O)(=O)c2ccc(OCc3cc(C)nc4ccccc34)cc2)C1. The predicted octanol–water partition coefficient (Wildman–Crippen LogP) is 2.67. The van der Waals surface area contributed by atoms with Crippen molar-refractivity contribution >= 4 is 32.9 Å². The number of para-hydroxylation sites is 1. The van der Waals surface area contributed by atoms with E-state index >= 15 is 0 Å². The maximum atomic E-state index is 13.1. The van der Waals surface area contributed by atoms with Gasteiger partial charge in [0.25, 0.3) is 0 Å². The van der Waals surface area contributed by atoms with Gasteiger partial charge in [-0.1, -0.05) is 30.9 Å². The number of ether oxygens (including phenoxy) is 2. The minimum atomic E-state index is -4.09. The van der Waals surface area contributed by atoms with Crippen molar-refractivity contribution in [3.63, 3.8) is 0 Å². The number of sulfonamides is 1. The molecule has 1 aliphatic rings. The van der Waals surface area contributed by atoms with Crippen molar-refractivity contribution in [2.24, 2.45) is 0 Å². The highest BCUT2D eigenvalue weighted by molar-refractivity contribution is 7.89. The summed E-state index contributed by atoms with van der Waals surface area (Å²) in [6.45, 7) is 5.41. The van der Waals surface area contributed by atoms with Crippen molar-refractivity contribution in [1.82, 2.24) is 20.1 Å². The fourth-order valence-electron chi connectivity index (χ4n) is 4.33. The Bertz CT molecular complexity index is 1450. The number of benzene rings is 2. The van der Waals surface area contributed by atoms with E-state index in [0.29, 0.717) is 5.75 Å². The number of carbonyl (C=O) groups excluding carboxylic acids is 2. The van der Waals surface area contributed by atoms with Gasteiger partial charge in [-0.05, 0) is 43.3 Å². The molecule has 0 aliphatic carbocycles. The van der Waals surface area contributed by atoms with Crippen LogP contribution in [0.15, 0.2) is 72.1 Å². The number of aryl methyl sites for hydroxylation is 1. The third kappa shape index (κ3) is 6.10. The number of likely N-dealkylation sites (tertiary alicyclic amines) is 1. The van der Waals surface area contributed by atoms with Crippen molar-refractivity contribution in [2.45, 2.75) is 30.4 Å². The van der Waals surface area contributed by atoms with Crippen LogP contribution in [0.5, 0.6) is 5.75 Å². The number of rotatable bonds is 10. The number of carbonyl (C=O) groups is 2. The summed E-state index contributed by atoms with van der Waals surface area (Å²) >= 11 is 0. The highest BCUT2D eigenvalue weighted by Gasteiger charge is 2.49. The Morgan fingerprint density at radius 3 is 2.58 bits per heavy atom. The maximum absolute atomic E-state index is 13.1. The van der Waals surface area contributed by atoms with E-state index in [1.165, 1.54) is 40.7 Å². The van der Waals surface area contributed by atoms with Gasteiger partial charge in [0.05, 0.1) is 22.4 Å². The number of hydrogen-bond acceptors (Lipinski definition) is 8. The van der Waals surface area contributed by atoms with Gasteiger partial charge in [-0.25, -0.2) is 23.4 Å². The first-order valence-electron chi connectivity index (χ1n) is 11.7. The maximum Gasteiger partial charge on any atom is 0.410 e. The molecular formula is C26H28N4O7S. The third-order valence-corrected chi connectivity index (χ3v) is 7.60. The molecule has 2 aromatic carbocycles. The molecular weight excluding hydrogens is 512 g/mol. The lowest BCUT2D eigenvalue weighted by atomic mass is 9.87. The molecule has 1 saturated heterocycles. The first-order chi connectivity index (χ1) is 18.1. The average Bonchev–Trinajstić information content (AvgIpc) is 2.88. The van der Waals surface area contributed by atoms with Gasteiger partial charge < -0.3 is 14.4 Å². The highest BCUT2D eigenvalue weighted by Crippen LogP contribution is 2.29. The lowest BCUT2D eigenvalue weighted by molar-refractivity contribution is -0.132. The molecule has 1 aliphatic heterocycles. The molecule has 38 heavy (non-hydrogen) atoms. The van der Waals surface area contributed by atoms with Crippen LogP contribution in [0.2, 0.25) is 0 Å². The summed E-state index contributed by atoms with van der Waals surface area (Å²) in [5.41, 5.74) is 2.87. The molecule has 12 heteroatoms. The van der Waals surface area contributed by atoms with Gasteiger partial charge in [-0.15, -0.1) is 0 Å². The fourth-order valence-corrected chi connectivity index (χ4v) is 5.71. The average molecular weight is 541 g/mol. The van der Waals surface area contributed by atoms with Crippen molar-refractivity contribution < 1.29 is 32.7 Å². The number of fused-ring (bicyclic) bond motifs is 1. The topological polar surface area (TPSA) is 147 Å². The lowest BCUT2D eigenvalue weighted by Crippen LogP contribution is -2.72. The first-order valence-corrected chi connectivity index (χ1v) is 13.2. The number of hydroxylamine groups is 1. The van der Waals surface area contributed by atoms with E-state index in [2.05, 4.69) is 16.3 Å². The van der Waals surface area contributed by atoms with E-state index < -0.39 is 27.6 Å². The van der Waals surface area contributed by atoms with E-state index in [0.717, 1.165) is 22.2 Å². The van der Waals surface area contributed by atoms with Crippen molar-refractivity contribution in [2.75, 3.05) is 19.7 Å². The summed E-state index contributed by atoms with van der Waals surface area (Å²) in [4.78, 5) is 29.6. The Morgan fingerprint density at radius 1 is 1.18 bits per heavy atom. The van der Waals surface area contributed by atoms with Crippen LogP contribution in [0.25, 0.3) is 10.9 Å². The Morgan fingerprint density at radius 2 is 1.89 bits per heavy atom. The van der Waals surface area contributed by atoms with Crippen LogP contribution in [0, 0.1) is 6.92 Å². The second kappa shape index (κ2) is 11.2. The standard InChI is InChI=1S/C26H28N4O7S/c1-3-12-36-25(32)30-16-26(17-30,14-24(31)28-33)29-38(34,35)21-10-8-20(9-11-21)37-15-19-13-18(2)27-23-7-5-4-6-22(19)23/h3-11,13,29,33H,1,12,14-17H2,2H3,(H,28,31). The van der Waals surface area contributed by atoms with Crippen LogP contribution in [-0.2, 0) is 26.2 Å². The third-order valence-electron chi connectivity index (χ3n) is 6.00. The van der Waals surface area contributed by atoms with Gasteiger partial charge in [-0.3, -0.25) is 15.0 Å². The molecule has 0 unspecified atom stereocenters. The van der Waals surface area contributed by atoms with Gasteiger partial charge in [0, 0.05) is 29.7 Å². The van der Waals surface area contributed by atoms with E-state index in [1.807, 2.05) is 37.3 Å². The Hall–Kier alpha value is -4.00. The zero-order chi connectivity index (χ0) is 27.3. The predicted molar refractivity (Wildman–Crippen MR) is 138 cm³/mol. The molecule has 1 aromatic heterocycles. The number of nitrogens with zero attached hydrogens (tertiary/aromatic N) is 2. The van der Waals surface area contributed by atoms with Gasteiger partial charge in [-0.2, -0.15) is 0 Å². The fraction of sp³-hybridized carbons (Fsp3) is 0.269. The molecule has 2 amide bonds. The van der Waals surface area contributed by atoms with E-state index in [4.69, 9.17) is 14.7 Å². The van der Waals surface area contributed by atoms with Crippen LogP contribution in [0.1, 0.15) is 17.7 Å². The number of aromatic nitrogens is 1. The number of hydrogen-bond donors (Lipinski definition) is 3. The molecule has 4 rings (SSSR count). The number of amides is 2. The smallest absolute Gasteiger partial charge is 0.410 e. The van der Waals surface area contributed by atoms with Crippen LogP contribution in [0.4, 0.5) is 4.79 Å². The first kappa shape index (κ1) is 27.0.